The Morgan fingerprint density at radius 1 is 1.05 bits per heavy atom. The number of rotatable bonds is 6. The number of hydrogen-bond acceptors (Lipinski definition) is 7. The summed E-state index contributed by atoms with van der Waals surface area (Å²) >= 11 is 0. The summed E-state index contributed by atoms with van der Waals surface area (Å²) in [6.07, 6.45) is 0.0589. The minimum absolute atomic E-state index is 0.0227. The predicted octanol–water partition coefficient (Wildman–Crippen LogP) is 4.36. The van der Waals surface area contributed by atoms with Crippen molar-refractivity contribution in [3.8, 4) is 16.9 Å². The highest BCUT2D eigenvalue weighted by molar-refractivity contribution is 6.04. The highest BCUT2D eigenvalue weighted by Crippen LogP contribution is 2.35. The molecule has 6 rings (SSSR count). The molecule has 0 radical (unpaired) electrons. The van der Waals surface area contributed by atoms with Crippen molar-refractivity contribution in [2.75, 3.05) is 38.5 Å². The maximum atomic E-state index is 14.8. The van der Waals surface area contributed by atoms with Gasteiger partial charge in [0, 0.05) is 61.1 Å². The van der Waals surface area contributed by atoms with Crippen LogP contribution in [0.15, 0.2) is 61.1 Å². The molecule has 10 nitrogen and oxygen atoms in total. The van der Waals surface area contributed by atoms with Crippen molar-refractivity contribution in [2.45, 2.75) is 12.7 Å². The summed E-state index contributed by atoms with van der Waals surface area (Å²) in [4.78, 5) is 21.4. The van der Waals surface area contributed by atoms with Crippen molar-refractivity contribution in [2.24, 2.45) is 0 Å². The van der Waals surface area contributed by atoms with Crippen molar-refractivity contribution >= 4 is 22.6 Å². The fraction of sp³-hybridized carbons (Fsp3) is 0.250. The average molecular weight is 580 g/mol. The molecule has 4 heterocycles. The van der Waals surface area contributed by atoms with Crippen molar-refractivity contribution in [1.29, 1.82) is 0 Å². The number of piperazine rings is 1. The zero-order valence-corrected chi connectivity index (χ0v) is 22.4. The van der Waals surface area contributed by atoms with E-state index in [1.54, 1.807) is 18.5 Å². The van der Waals surface area contributed by atoms with Gasteiger partial charge in [0.2, 0.25) is 0 Å². The number of anilines is 1. The lowest BCUT2D eigenvalue weighted by Crippen LogP contribution is -2.44. The maximum absolute atomic E-state index is 14.8. The quantitative estimate of drug-likeness (QED) is 0.288. The van der Waals surface area contributed by atoms with Crippen molar-refractivity contribution in [3.05, 3.63) is 83.6 Å². The number of halogens is 4. The molecule has 1 fully saturated rings. The molecular formula is C28H25F4N9O. The topological polar surface area (TPSA) is 108 Å². The van der Waals surface area contributed by atoms with E-state index in [1.807, 2.05) is 11.9 Å². The number of likely N-dealkylation sites (N-methyl/N-ethyl adjacent to an activating group) is 1. The molecule has 42 heavy (non-hydrogen) atoms. The number of amides is 1. The van der Waals surface area contributed by atoms with E-state index in [9.17, 15) is 22.4 Å². The zero-order chi connectivity index (χ0) is 29.4. The highest BCUT2D eigenvalue weighted by Gasteiger charge is 2.34. The van der Waals surface area contributed by atoms with Gasteiger partial charge in [-0.2, -0.15) is 18.3 Å². The van der Waals surface area contributed by atoms with E-state index in [0.29, 0.717) is 30.0 Å². The first-order chi connectivity index (χ1) is 20.1. The Morgan fingerprint density at radius 2 is 1.86 bits per heavy atom. The molecule has 1 amide bonds. The van der Waals surface area contributed by atoms with Crippen LogP contribution in [0.3, 0.4) is 0 Å². The predicted molar refractivity (Wildman–Crippen MR) is 146 cm³/mol. The molecule has 0 atom stereocenters. The molecule has 2 aromatic carbocycles. The Bertz CT molecular complexity index is 1760. The van der Waals surface area contributed by atoms with Crippen LogP contribution in [0.5, 0.6) is 0 Å². The van der Waals surface area contributed by atoms with Gasteiger partial charge in [-0.1, -0.05) is 11.3 Å². The molecule has 216 valence electrons. The number of alkyl halides is 3. The van der Waals surface area contributed by atoms with E-state index in [-0.39, 0.29) is 29.0 Å². The molecule has 0 saturated carbocycles. The minimum Gasteiger partial charge on any atom is -0.322 e. The Kier molecular flexibility index (Phi) is 7.16. The molecule has 5 aromatic rings. The summed E-state index contributed by atoms with van der Waals surface area (Å²) in [5.41, 5.74) is 0.915. The molecule has 3 aromatic heterocycles. The summed E-state index contributed by atoms with van der Waals surface area (Å²) in [5.74, 6) is -1.37. The van der Waals surface area contributed by atoms with E-state index >= 15 is 0 Å². The number of pyridine rings is 1. The van der Waals surface area contributed by atoms with E-state index in [4.69, 9.17) is 0 Å². The fourth-order valence-corrected chi connectivity index (χ4v) is 4.83. The van der Waals surface area contributed by atoms with Crippen LogP contribution in [-0.2, 0) is 12.7 Å². The number of carbonyl (C=O) groups excluding carboxylic acids is 1. The first-order valence-corrected chi connectivity index (χ1v) is 13.1. The van der Waals surface area contributed by atoms with Crippen molar-refractivity contribution in [1.82, 2.24) is 40.0 Å². The molecule has 1 aliphatic rings. The van der Waals surface area contributed by atoms with Crippen LogP contribution in [0.2, 0.25) is 0 Å². The first kappa shape index (κ1) is 27.5. The Labute approximate surface area is 237 Å². The lowest BCUT2D eigenvalue weighted by atomic mass is 10.0. The van der Waals surface area contributed by atoms with Crippen molar-refractivity contribution < 1.29 is 22.4 Å². The van der Waals surface area contributed by atoms with Crippen LogP contribution in [-0.4, -0.2) is 79.1 Å². The van der Waals surface area contributed by atoms with Gasteiger partial charge in [-0.3, -0.25) is 14.8 Å². The van der Waals surface area contributed by atoms with E-state index in [0.717, 1.165) is 30.6 Å². The standard InChI is InChI=1S/C28H25F4N9O/c1-39-6-8-40(9-7-39)15-18-2-4-21(12-22(18)28(30,31)32)35-27(42)17-3-5-23(29)25(11-17)41-16-24(36-38-41)19-10-20-14-34-37-26(20)33-13-19/h2-5,10-14,16H,6-9,15H2,1H3,(H,35,42)(H,33,34,37). The molecule has 2 N–H and O–H groups in total. The number of nitrogens with zero attached hydrogens (tertiary/aromatic N) is 7. The summed E-state index contributed by atoms with van der Waals surface area (Å²) in [6.45, 7) is 3.06. The third-order valence-corrected chi connectivity index (χ3v) is 7.20. The summed E-state index contributed by atoms with van der Waals surface area (Å²) in [6, 6.07) is 9.15. The van der Waals surface area contributed by atoms with Crippen LogP contribution < -0.4 is 5.32 Å². The van der Waals surface area contributed by atoms with Gasteiger partial charge in [0.25, 0.3) is 5.91 Å². The van der Waals surface area contributed by atoms with Crippen LogP contribution in [0.4, 0.5) is 23.2 Å². The smallest absolute Gasteiger partial charge is 0.322 e. The molecule has 0 aliphatic carbocycles. The molecule has 0 unspecified atom stereocenters. The van der Waals surface area contributed by atoms with Gasteiger partial charge in [-0.05, 0) is 49.0 Å². The van der Waals surface area contributed by atoms with Crippen molar-refractivity contribution in [3.63, 3.8) is 0 Å². The van der Waals surface area contributed by atoms with Crippen LogP contribution >= 0.6 is 0 Å². The SMILES string of the molecule is CN1CCN(Cc2ccc(NC(=O)c3ccc(F)c(-n4cc(-c5cnc6[nH]ncc6c5)nn4)c3)cc2C(F)(F)F)CC1. The normalized spacial score (nSPS) is 14.9. The molecule has 0 spiro atoms. The molecule has 1 aliphatic heterocycles. The van der Waals surface area contributed by atoms with Gasteiger partial charge in [0.15, 0.2) is 5.65 Å². The second kappa shape index (κ2) is 10.9. The van der Waals surface area contributed by atoms with Crippen LogP contribution in [0.1, 0.15) is 21.5 Å². The van der Waals surface area contributed by atoms with Crippen LogP contribution in [0, 0.1) is 5.82 Å². The third-order valence-electron chi connectivity index (χ3n) is 7.20. The van der Waals surface area contributed by atoms with Crippen LogP contribution in [0.25, 0.3) is 28.0 Å². The molecule has 0 bridgehead atoms. The van der Waals surface area contributed by atoms with Gasteiger partial charge in [-0.25, -0.2) is 14.1 Å². The van der Waals surface area contributed by atoms with Gasteiger partial charge >= 0.3 is 6.18 Å². The highest BCUT2D eigenvalue weighted by atomic mass is 19.4. The Balaban J connectivity index is 1.22. The lowest BCUT2D eigenvalue weighted by molar-refractivity contribution is -0.138. The van der Waals surface area contributed by atoms with Gasteiger partial charge in [0.1, 0.15) is 17.2 Å². The number of H-pyrrole nitrogens is 1. The largest absolute Gasteiger partial charge is 0.416 e. The number of aromatic amines is 1. The number of aromatic nitrogens is 6. The number of hydrogen-bond donors (Lipinski definition) is 2. The van der Waals surface area contributed by atoms with Gasteiger partial charge < -0.3 is 10.2 Å². The molecular weight excluding hydrogens is 554 g/mol. The van der Waals surface area contributed by atoms with Gasteiger partial charge in [0.05, 0.1) is 18.0 Å². The van der Waals surface area contributed by atoms with Gasteiger partial charge in [-0.15, -0.1) is 5.10 Å². The zero-order valence-electron chi connectivity index (χ0n) is 22.4. The summed E-state index contributed by atoms with van der Waals surface area (Å²) in [7, 11) is 1.98. The minimum atomic E-state index is -4.60. The summed E-state index contributed by atoms with van der Waals surface area (Å²) in [5, 5.41) is 18.0. The monoisotopic (exact) mass is 579 g/mol. The number of benzene rings is 2. The Morgan fingerprint density at radius 3 is 2.64 bits per heavy atom. The third kappa shape index (κ3) is 5.71. The number of carbonyl (C=O) groups is 1. The average Bonchev–Trinajstić information content (AvgIpc) is 3.64. The summed E-state index contributed by atoms with van der Waals surface area (Å²) < 4.78 is 57.9. The molecule has 14 heteroatoms. The number of nitrogens with one attached hydrogen (secondary N) is 2. The van der Waals surface area contributed by atoms with E-state index in [1.165, 1.54) is 35.1 Å². The second-order valence-corrected chi connectivity index (χ2v) is 10.1. The fourth-order valence-electron chi connectivity index (χ4n) is 4.83. The maximum Gasteiger partial charge on any atom is 0.416 e. The lowest BCUT2D eigenvalue weighted by Gasteiger charge is -2.33. The van der Waals surface area contributed by atoms with E-state index in [2.05, 4.69) is 35.7 Å². The second-order valence-electron chi connectivity index (χ2n) is 10.1. The molecule has 1 saturated heterocycles. The number of fused-ring (bicyclic) bond motifs is 1. The Hall–Kier alpha value is -4.69. The first-order valence-electron chi connectivity index (χ1n) is 13.1. The van der Waals surface area contributed by atoms with E-state index < -0.39 is 23.5 Å².